The number of hydrogen-bond donors (Lipinski definition) is 1. The van der Waals surface area contributed by atoms with Gasteiger partial charge in [0.05, 0.1) is 17.3 Å². The molecule has 0 radical (unpaired) electrons. The number of para-hydroxylation sites is 1. The number of fused-ring (bicyclic) bond motifs is 2. The Labute approximate surface area is 165 Å². The van der Waals surface area contributed by atoms with Crippen LogP contribution in [0.2, 0.25) is 0 Å². The summed E-state index contributed by atoms with van der Waals surface area (Å²) in [6, 6.07) is 29.4. The summed E-state index contributed by atoms with van der Waals surface area (Å²) in [5.41, 5.74) is 5.92. The minimum Gasteiger partial charge on any atom is -0.489 e. The Hall–Kier alpha value is -3.17. The van der Waals surface area contributed by atoms with Crippen LogP contribution in [0.15, 0.2) is 84.9 Å². The third-order valence-electron chi connectivity index (χ3n) is 5.33. The van der Waals surface area contributed by atoms with Crippen LogP contribution in [0.4, 0.5) is 0 Å². The topological polar surface area (TPSA) is 34.1 Å². The van der Waals surface area contributed by atoms with E-state index in [2.05, 4.69) is 66.0 Å². The molecule has 0 saturated heterocycles. The lowest BCUT2D eigenvalue weighted by molar-refractivity contribution is 0.305. The third kappa shape index (κ3) is 3.37. The van der Waals surface area contributed by atoms with Gasteiger partial charge in [-0.05, 0) is 47.4 Å². The molecule has 2 heterocycles. The zero-order valence-corrected chi connectivity index (χ0v) is 15.6. The summed E-state index contributed by atoms with van der Waals surface area (Å²) in [7, 11) is 0. The molecule has 0 fully saturated rings. The van der Waals surface area contributed by atoms with Gasteiger partial charge in [0.2, 0.25) is 0 Å². The summed E-state index contributed by atoms with van der Waals surface area (Å²) < 4.78 is 6.02. The van der Waals surface area contributed by atoms with Crippen molar-refractivity contribution >= 4 is 10.9 Å². The molecule has 3 nitrogen and oxygen atoms in total. The van der Waals surface area contributed by atoms with E-state index in [1.165, 1.54) is 22.1 Å². The maximum absolute atomic E-state index is 6.02. The molecule has 0 spiro atoms. The maximum atomic E-state index is 6.02. The molecule has 0 saturated carbocycles. The van der Waals surface area contributed by atoms with E-state index in [1.54, 1.807) is 0 Å². The Morgan fingerprint density at radius 2 is 1.75 bits per heavy atom. The number of rotatable bonds is 4. The third-order valence-corrected chi connectivity index (χ3v) is 5.33. The minimum atomic E-state index is 0.122. The van der Waals surface area contributed by atoms with E-state index in [0.29, 0.717) is 6.61 Å². The maximum Gasteiger partial charge on any atom is 0.120 e. The molecule has 5 rings (SSSR count). The minimum absolute atomic E-state index is 0.122. The summed E-state index contributed by atoms with van der Waals surface area (Å²) in [6.07, 6.45) is 1.00. The number of ether oxygens (including phenoxy) is 1. The van der Waals surface area contributed by atoms with E-state index in [9.17, 15) is 0 Å². The number of nitrogens with one attached hydrogen (secondary N) is 1. The lowest BCUT2D eigenvalue weighted by atomic mass is 9.91. The first-order chi connectivity index (χ1) is 13.9. The van der Waals surface area contributed by atoms with Crippen molar-refractivity contribution in [2.24, 2.45) is 0 Å². The van der Waals surface area contributed by atoms with Crippen molar-refractivity contribution in [3.8, 4) is 5.75 Å². The van der Waals surface area contributed by atoms with Crippen LogP contribution in [0.25, 0.3) is 10.9 Å². The van der Waals surface area contributed by atoms with Crippen LogP contribution in [0.1, 0.15) is 28.4 Å². The fourth-order valence-electron chi connectivity index (χ4n) is 3.88. The highest BCUT2D eigenvalue weighted by Crippen LogP contribution is 2.31. The van der Waals surface area contributed by atoms with E-state index >= 15 is 0 Å². The molecular formula is C25H22N2O. The molecule has 138 valence electrons. The Bertz CT molecular complexity index is 1110. The van der Waals surface area contributed by atoms with Crippen LogP contribution in [-0.4, -0.2) is 11.5 Å². The second-order valence-corrected chi connectivity index (χ2v) is 7.20. The molecule has 28 heavy (non-hydrogen) atoms. The predicted octanol–water partition coefficient (Wildman–Crippen LogP) is 5.05. The zero-order chi connectivity index (χ0) is 18.8. The highest BCUT2D eigenvalue weighted by Gasteiger charge is 2.23. The van der Waals surface area contributed by atoms with Crippen molar-refractivity contribution in [3.05, 3.63) is 107 Å². The van der Waals surface area contributed by atoms with E-state index in [-0.39, 0.29) is 6.04 Å². The van der Waals surface area contributed by atoms with Gasteiger partial charge < -0.3 is 10.1 Å². The molecule has 1 aliphatic rings. The molecule has 0 amide bonds. The van der Waals surface area contributed by atoms with E-state index < -0.39 is 0 Å². The second kappa shape index (κ2) is 7.45. The van der Waals surface area contributed by atoms with Crippen LogP contribution in [0, 0.1) is 0 Å². The largest absolute Gasteiger partial charge is 0.489 e. The molecule has 3 heteroatoms. The molecule has 0 bridgehead atoms. The molecule has 1 aromatic heterocycles. The van der Waals surface area contributed by atoms with Gasteiger partial charge in [-0.1, -0.05) is 60.7 Å². The van der Waals surface area contributed by atoms with Crippen LogP contribution in [0.3, 0.4) is 0 Å². The first kappa shape index (κ1) is 17.0. The molecule has 1 atom stereocenters. The number of hydrogen-bond acceptors (Lipinski definition) is 3. The Morgan fingerprint density at radius 1 is 0.893 bits per heavy atom. The summed E-state index contributed by atoms with van der Waals surface area (Å²) in [5.74, 6) is 0.926. The number of pyridine rings is 1. The summed E-state index contributed by atoms with van der Waals surface area (Å²) in [6.45, 7) is 1.53. The van der Waals surface area contributed by atoms with Crippen LogP contribution in [-0.2, 0) is 13.0 Å². The van der Waals surface area contributed by atoms with Gasteiger partial charge in [-0.2, -0.15) is 0 Å². The van der Waals surface area contributed by atoms with Gasteiger partial charge in [0.25, 0.3) is 0 Å². The van der Waals surface area contributed by atoms with E-state index in [0.717, 1.165) is 29.9 Å². The van der Waals surface area contributed by atoms with Gasteiger partial charge in [-0.3, -0.25) is 4.98 Å². The lowest BCUT2D eigenvalue weighted by Gasteiger charge is -2.27. The summed E-state index contributed by atoms with van der Waals surface area (Å²) in [4.78, 5) is 4.90. The average molecular weight is 366 g/mol. The van der Waals surface area contributed by atoms with Gasteiger partial charge in [0, 0.05) is 11.9 Å². The van der Waals surface area contributed by atoms with Crippen LogP contribution in [0.5, 0.6) is 5.75 Å². The lowest BCUT2D eigenvalue weighted by Crippen LogP contribution is -2.31. The molecule has 0 aliphatic carbocycles. The van der Waals surface area contributed by atoms with Crippen molar-refractivity contribution in [1.82, 2.24) is 10.3 Å². The smallest absolute Gasteiger partial charge is 0.120 e. The van der Waals surface area contributed by atoms with Crippen molar-refractivity contribution in [2.45, 2.75) is 19.1 Å². The Morgan fingerprint density at radius 3 is 2.68 bits per heavy atom. The molecule has 1 aliphatic heterocycles. The number of aromatic nitrogens is 1. The van der Waals surface area contributed by atoms with E-state index in [4.69, 9.17) is 9.72 Å². The fraction of sp³-hybridized carbons (Fsp3) is 0.160. The Balaban J connectivity index is 1.41. The van der Waals surface area contributed by atoms with Gasteiger partial charge in [-0.15, -0.1) is 0 Å². The molecule has 1 unspecified atom stereocenters. The van der Waals surface area contributed by atoms with Crippen molar-refractivity contribution in [1.29, 1.82) is 0 Å². The van der Waals surface area contributed by atoms with Crippen LogP contribution >= 0.6 is 0 Å². The SMILES string of the molecule is c1ccc(COc2ccc3c(c2)CCNC3c2ccc3ccccc3n2)cc1. The van der Waals surface area contributed by atoms with Crippen molar-refractivity contribution in [3.63, 3.8) is 0 Å². The number of nitrogens with zero attached hydrogens (tertiary/aromatic N) is 1. The predicted molar refractivity (Wildman–Crippen MR) is 113 cm³/mol. The molecule has 4 aromatic rings. The first-order valence-electron chi connectivity index (χ1n) is 9.75. The molecule has 1 N–H and O–H groups in total. The second-order valence-electron chi connectivity index (χ2n) is 7.20. The number of benzene rings is 3. The first-order valence-corrected chi connectivity index (χ1v) is 9.75. The van der Waals surface area contributed by atoms with Crippen molar-refractivity contribution in [2.75, 3.05) is 6.54 Å². The highest BCUT2D eigenvalue weighted by molar-refractivity contribution is 5.78. The fourth-order valence-corrected chi connectivity index (χ4v) is 3.88. The van der Waals surface area contributed by atoms with Crippen LogP contribution < -0.4 is 10.1 Å². The normalized spacial score (nSPS) is 15.9. The standard InChI is InChI=1S/C25H22N2O/c1-2-6-18(7-3-1)17-28-21-11-12-22-20(16-21)14-15-26-25(22)24-13-10-19-8-4-5-9-23(19)27-24/h1-13,16,25-26H,14-15,17H2. The van der Waals surface area contributed by atoms with Gasteiger partial charge in [0.15, 0.2) is 0 Å². The zero-order valence-electron chi connectivity index (χ0n) is 15.6. The quantitative estimate of drug-likeness (QED) is 0.549. The monoisotopic (exact) mass is 366 g/mol. The van der Waals surface area contributed by atoms with E-state index in [1.807, 2.05) is 24.3 Å². The molecular weight excluding hydrogens is 344 g/mol. The van der Waals surface area contributed by atoms with Gasteiger partial charge in [0.1, 0.15) is 12.4 Å². The molecule has 3 aromatic carbocycles. The highest BCUT2D eigenvalue weighted by atomic mass is 16.5. The van der Waals surface area contributed by atoms with Gasteiger partial charge in [-0.25, -0.2) is 0 Å². The Kier molecular flexibility index (Phi) is 4.51. The summed E-state index contributed by atoms with van der Waals surface area (Å²) in [5, 5.41) is 4.80. The summed E-state index contributed by atoms with van der Waals surface area (Å²) >= 11 is 0. The van der Waals surface area contributed by atoms with Gasteiger partial charge >= 0.3 is 0 Å². The average Bonchev–Trinajstić information content (AvgIpc) is 2.77. The van der Waals surface area contributed by atoms with Crippen molar-refractivity contribution < 1.29 is 4.74 Å².